The standard InChI is InChI=1S/C28H23O2S/c1-28(2,21-12-4-3-5-13-21)30-27(29)20-11-10-14-22(19-20)31-25-17-8-6-15-23(25)24-16-7-9-18-26(24)31/h3-19H,1-2H3/q+1. The van der Waals surface area contributed by atoms with Gasteiger partial charge in [-0.3, -0.25) is 0 Å². The van der Waals surface area contributed by atoms with Gasteiger partial charge in [0.1, 0.15) is 5.60 Å². The van der Waals surface area contributed by atoms with Crippen molar-refractivity contribution in [3.8, 4) is 4.90 Å². The van der Waals surface area contributed by atoms with Gasteiger partial charge in [-0.2, -0.15) is 0 Å². The lowest BCUT2D eigenvalue weighted by atomic mass is 9.98. The van der Waals surface area contributed by atoms with Crippen LogP contribution in [-0.2, 0) is 10.3 Å². The predicted molar refractivity (Wildman–Crippen MR) is 130 cm³/mol. The molecular weight excluding hydrogens is 400 g/mol. The molecule has 3 heteroatoms. The molecule has 0 atom stereocenters. The number of carbonyl (C=O) groups is 1. The molecule has 0 N–H and O–H groups in total. The Morgan fingerprint density at radius 2 is 1.29 bits per heavy atom. The van der Waals surface area contributed by atoms with Crippen LogP contribution in [0.15, 0.2) is 103 Å². The normalized spacial score (nSPS) is 11.7. The molecular formula is C28H23O2S+. The van der Waals surface area contributed by atoms with Crippen LogP contribution in [0.5, 0.6) is 0 Å². The van der Waals surface area contributed by atoms with Gasteiger partial charge in [0.25, 0.3) is 0 Å². The molecule has 31 heavy (non-hydrogen) atoms. The minimum Gasteiger partial charge on any atom is -0.451 e. The molecule has 5 aromatic rings. The van der Waals surface area contributed by atoms with Crippen LogP contribution in [-0.4, -0.2) is 5.97 Å². The summed E-state index contributed by atoms with van der Waals surface area (Å²) in [6.45, 7) is 3.85. The minimum atomic E-state index is -0.705. The van der Waals surface area contributed by atoms with Gasteiger partial charge in [0, 0.05) is 27.3 Å². The number of benzene rings is 4. The summed E-state index contributed by atoms with van der Waals surface area (Å²) in [5.41, 5.74) is 0.847. The van der Waals surface area contributed by atoms with Gasteiger partial charge in [-0.25, -0.2) is 4.79 Å². The molecule has 0 amide bonds. The molecule has 0 bridgehead atoms. The summed E-state index contributed by atoms with van der Waals surface area (Å²) in [4.78, 5) is 14.2. The van der Waals surface area contributed by atoms with Crippen LogP contribution in [0, 0.1) is 0 Å². The van der Waals surface area contributed by atoms with Gasteiger partial charge in [-0.15, -0.1) is 0 Å². The molecule has 1 aromatic heterocycles. The summed E-state index contributed by atoms with van der Waals surface area (Å²) in [5.74, 6) is -0.305. The van der Waals surface area contributed by atoms with Crippen molar-refractivity contribution in [1.82, 2.24) is 0 Å². The second kappa shape index (κ2) is 7.68. The number of hydrogen-bond acceptors (Lipinski definition) is 2. The second-order valence-corrected chi connectivity index (χ2v) is 10.1. The van der Waals surface area contributed by atoms with Crippen LogP contribution in [0.4, 0.5) is 0 Å². The van der Waals surface area contributed by atoms with Gasteiger partial charge < -0.3 is 4.74 Å². The van der Waals surface area contributed by atoms with E-state index in [9.17, 15) is 4.79 Å². The highest BCUT2D eigenvalue weighted by Gasteiger charge is 2.28. The Morgan fingerprint density at radius 1 is 0.710 bits per heavy atom. The molecule has 4 aromatic carbocycles. The first-order valence-corrected chi connectivity index (χ1v) is 11.6. The first kappa shape index (κ1) is 19.5. The van der Waals surface area contributed by atoms with E-state index in [1.165, 1.54) is 20.2 Å². The van der Waals surface area contributed by atoms with Gasteiger partial charge in [0.15, 0.2) is 14.3 Å². The van der Waals surface area contributed by atoms with E-state index in [0.29, 0.717) is 5.56 Å². The Kier molecular flexibility index (Phi) is 4.84. The molecule has 0 unspecified atom stereocenters. The largest absolute Gasteiger partial charge is 0.451 e. The second-order valence-electron chi connectivity index (χ2n) is 8.09. The summed E-state index contributed by atoms with van der Waals surface area (Å²) in [7, 11) is -0.234. The van der Waals surface area contributed by atoms with E-state index in [-0.39, 0.29) is 16.4 Å². The third kappa shape index (κ3) is 3.51. The third-order valence-corrected chi connectivity index (χ3v) is 7.94. The van der Waals surface area contributed by atoms with Crippen LogP contribution >= 0.6 is 10.5 Å². The Hall–Kier alpha value is -3.43. The highest BCUT2D eigenvalue weighted by atomic mass is 32.2. The number of esters is 1. The van der Waals surface area contributed by atoms with Crippen LogP contribution in [0.3, 0.4) is 0 Å². The molecule has 2 nitrogen and oxygen atoms in total. The van der Waals surface area contributed by atoms with Crippen LogP contribution in [0.2, 0.25) is 0 Å². The molecule has 0 saturated heterocycles. The zero-order valence-corrected chi connectivity index (χ0v) is 18.4. The average molecular weight is 424 g/mol. The van der Waals surface area contributed by atoms with E-state index in [4.69, 9.17) is 4.74 Å². The molecule has 0 aliphatic carbocycles. The predicted octanol–water partition coefficient (Wildman–Crippen LogP) is 7.82. The zero-order valence-electron chi connectivity index (χ0n) is 17.5. The third-order valence-electron chi connectivity index (χ3n) is 5.63. The molecule has 0 aliphatic rings. The van der Waals surface area contributed by atoms with Crippen molar-refractivity contribution in [2.45, 2.75) is 19.4 Å². The van der Waals surface area contributed by atoms with Gasteiger partial charge >= 0.3 is 5.97 Å². The fourth-order valence-corrected chi connectivity index (χ4v) is 6.48. The maximum Gasteiger partial charge on any atom is 0.339 e. The number of thiophene rings is 1. The van der Waals surface area contributed by atoms with E-state index >= 15 is 0 Å². The fraction of sp³-hybridized carbons (Fsp3) is 0.107. The molecule has 0 aliphatic heterocycles. The first-order valence-electron chi connectivity index (χ1n) is 10.4. The molecule has 1 heterocycles. The molecule has 5 rings (SSSR count). The van der Waals surface area contributed by atoms with Crippen molar-refractivity contribution in [3.05, 3.63) is 114 Å². The number of hydrogen-bond donors (Lipinski definition) is 0. The van der Waals surface area contributed by atoms with Crippen LogP contribution in [0.1, 0.15) is 29.8 Å². The van der Waals surface area contributed by atoms with Gasteiger partial charge in [0.2, 0.25) is 0 Å². The van der Waals surface area contributed by atoms with E-state index in [1.54, 1.807) is 0 Å². The topological polar surface area (TPSA) is 26.3 Å². The van der Waals surface area contributed by atoms with E-state index in [2.05, 4.69) is 54.6 Å². The average Bonchev–Trinajstić information content (AvgIpc) is 3.14. The maximum atomic E-state index is 13.1. The first-order chi connectivity index (χ1) is 15.0. The number of carbonyl (C=O) groups excluding carboxylic acids is 1. The van der Waals surface area contributed by atoms with Crippen molar-refractivity contribution in [1.29, 1.82) is 0 Å². The molecule has 0 spiro atoms. The maximum absolute atomic E-state index is 13.1. The summed E-state index contributed by atoms with van der Waals surface area (Å²) in [5, 5.41) is 2.55. The summed E-state index contributed by atoms with van der Waals surface area (Å²) >= 11 is 0. The summed E-state index contributed by atoms with van der Waals surface area (Å²) in [6.07, 6.45) is 0. The number of ether oxygens (including phenoxy) is 1. The lowest BCUT2D eigenvalue weighted by Crippen LogP contribution is -2.25. The van der Waals surface area contributed by atoms with Crippen LogP contribution in [0.25, 0.3) is 25.1 Å². The van der Waals surface area contributed by atoms with E-state index < -0.39 is 5.60 Å². The quantitative estimate of drug-likeness (QED) is 0.217. The van der Waals surface area contributed by atoms with Gasteiger partial charge in [-0.1, -0.05) is 60.7 Å². The lowest BCUT2D eigenvalue weighted by Gasteiger charge is -2.25. The SMILES string of the molecule is CC(C)(OC(=O)c1cccc(-[s+]2c3ccccc3c3ccccc32)c1)c1ccccc1. The Bertz CT molecular complexity index is 1340. The van der Waals surface area contributed by atoms with Crippen LogP contribution < -0.4 is 0 Å². The molecule has 0 fully saturated rings. The zero-order chi connectivity index (χ0) is 21.4. The number of fused-ring (bicyclic) bond motifs is 3. The van der Waals surface area contributed by atoms with Crippen molar-refractivity contribution in [3.63, 3.8) is 0 Å². The monoisotopic (exact) mass is 423 g/mol. The Labute approximate surface area is 184 Å². The van der Waals surface area contributed by atoms with E-state index in [1.807, 2.05) is 62.4 Å². The van der Waals surface area contributed by atoms with Crippen molar-refractivity contribution in [2.24, 2.45) is 0 Å². The highest BCUT2D eigenvalue weighted by Crippen LogP contribution is 2.48. The van der Waals surface area contributed by atoms with Gasteiger partial charge in [-0.05, 0) is 55.8 Å². The van der Waals surface area contributed by atoms with E-state index in [0.717, 1.165) is 10.5 Å². The Morgan fingerprint density at radius 3 is 1.94 bits per heavy atom. The lowest BCUT2D eigenvalue weighted by molar-refractivity contribution is -0.00311. The van der Waals surface area contributed by atoms with Gasteiger partial charge in [0.05, 0.1) is 5.56 Å². The summed E-state index contributed by atoms with van der Waals surface area (Å²) in [6, 6.07) is 34.9. The summed E-state index contributed by atoms with van der Waals surface area (Å²) < 4.78 is 8.54. The smallest absolute Gasteiger partial charge is 0.339 e. The molecule has 0 saturated carbocycles. The fourth-order valence-electron chi connectivity index (χ4n) is 4.05. The van der Waals surface area contributed by atoms with Crippen molar-refractivity contribution >= 4 is 36.6 Å². The minimum absolute atomic E-state index is 0.234. The molecule has 0 radical (unpaired) electrons. The van der Waals surface area contributed by atoms with Crippen molar-refractivity contribution in [2.75, 3.05) is 0 Å². The molecule has 152 valence electrons. The Balaban J connectivity index is 1.56. The van der Waals surface area contributed by atoms with Crippen molar-refractivity contribution < 1.29 is 9.53 Å². The highest BCUT2D eigenvalue weighted by molar-refractivity contribution is 7.50. The number of rotatable bonds is 4.